The number of piperazine rings is 1. The predicted octanol–water partition coefficient (Wildman–Crippen LogP) is 5.43. The minimum atomic E-state index is 0.743. The molecule has 0 saturated carbocycles. The lowest BCUT2D eigenvalue weighted by molar-refractivity contribution is 0.130. The second-order valence-corrected chi connectivity index (χ2v) is 7.60. The summed E-state index contributed by atoms with van der Waals surface area (Å²) in [7, 11) is 0. The van der Waals surface area contributed by atoms with Crippen LogP contribution >= 0.6 is 11.6 Å². The van der Waals surface area contributed by atoms with Crippen LogP contribution in [0.5, 0.6) is 0 Å². The van der Waals surface area contributed by atoms with Crippen LogP contribution in [0, 0.1) is 0 Å². The summed E-state index contributed by atoms with van der Waals surface area (Å²) < 4.78 is 6.04. The van der Waals surface area contributed by atoms with Crippen LogP contribution in [0.3, 0.4) is 0 Å². The van der Waals surface area contributed by atoms with Gasteiger partial charge in [0.25, 0.3) is 0 Å². The molecule has 0 amide bonds. The van der Waals surface area contributed by atoms with Gasteiger partial charge in [-0.2, -0.15) is 0 Å². The van der Waals surface area contributed by atoms with Gasteiger partial charge in [-0.1, -0.05) is 54.1 Å². The second-order valence-electron chi connectivity index (χ2n) is 7.16. The number of hydrogen-bond acceptors (Lipinski definition) is 3. The Morgan fingerprint density at radius 1 is 0.821 bits per heavy atom. The van der Waals surface area contributed by atoms with Crippen LogP contribution in [0.4, 0.5) is 0 Å². The third-order valence-electron chi connectivity index (χ3n) is 5.11. The molecule has 1 aliphatic rings. The molecule has 0 bridgehead atoms. The Bertz CT molecular complexity index is 894. The molecule has 0 aliphatic carbocycles. The van der Waals surface area contributed by atoms with E-state index >= 15 is 0 Å². The van der Waals surface area contributed by atoms with Crippen molar-refractivity contribution in [1.82, 2.24) is 9.80 Å². The zero-order chi connectivity index (χ0) is 19.2. The van der Waals surface area contributed by atoms with Gasteiger partial charge in [-0.15, -0.1) is 0 Å². The Morgan fingerprint density at radius 3 is 2.29 bits per heavy atom. The summed E-state index contributed by atoms with van der Waals surface area (Å²) in [4.78, 5) is 4.96. The predicted molar refractivity (Wildman–Crippen MR) is 116 cm³/mol. The molecule has 0 N–H and O–H groups in total. The monoisotopic (exact) mass is 392 g/mol. The number of nitrogens with zero attached hydrogens (tertiary/aromatic N) is 2. The van der Waals surface area contributed by atoms with Gasteiger partial charge in [-0.05, 0) is 42.0 Å². The van der Waals surface area contributed by atoms with Gasteiger partial charge in [-0.25, -0.2) is 0 Å². The summed E-state index contributed by atoms with van der Waals surface area (Å²) in [6.45, 7) is 6.17. The van der Waals surface area contributed by atoms with Crippen molar-refractivity contribution < 1.29 is 4.42 Å². The van der Waals surface area contributed by atoms with E-state index in [4.69, 9.17) is 16.0 Å². The first-order chi connectivity index (χ1) is 13.8. The molecule has 0 radical (unpaired) electrons. The van der Waals surface area contributed by atoms with Gasteiger partial charge in [0.15, 0.2) is 0 Å². The molecule has 3 nitrogen and oxygen atoms in total. The maximum absolute atomic E-state index is 6.04. The fourth-order valence-corrected chi connectivity index (χ4v) is 3.61. The van der Waals surface area contributed by atoms with E-state index in [2.05, 4.69) is 52.3 Å². The Labute approximate surface area is 171 Å². The summed E-state index contributed by atoms with van der Waals surface area (Å²) in [5.41, 5.74) is 2.32. The summed E-state index contributed by atoms with van der Waals surface area (Å²) >= 11 is 5.96. The van der Waals surface area contributed by atoms with E-state index in [9.17, 15) is 0 Å². The van der Waals surface area contributed by atoms with E-state index in [-0.39, 0.29) is 0 Å². The molecule has 3 aromatic rings. The van der Waals surface area contributed by atoms with Crippen LogP contribution in [-0.2, 0) is 6.54 Å². The van der Waals surface area contributed by atoms with Gasteiger partial charge in [0, 0.05) is 43.3 Å². The van der Waals surface area contributed by atoms with E-state index < -0.39 is 0 Å². The van der Waals surface area contributed by atoms with Crippen molar-refractivity contribution in [2.75, 3.05) is 32.7 Å². The molecule has 4 heteroatoms. The molecule has 1 saturated heterocycles. The molecular formula is C24H25ClN2O. The Morgan fingerprint density at radius 2 is 1.54 bits per heavy atom. The Balaban J connectivity index is 1.24. The normalized spacial score (nSPS) is 16.0. The van der Waals surface area contributed by atoms with Crippen LogP contribution in [0.15, 0.2) is 77.2 Å². The summed E-state index contributed by atoms with van der Waals surface area (Å²) in [6.07, 6.45) is 4.46. The fourth-order valence-electron chi connectivity index (χ4n) is 3.48. The third kappa shape index (κ3) is 5.14. The minimum Gasteiger partial charge on any atom is -0.460 e. The maximum Gasteiger partial charge on any atom is 0.134 e. The SMILES string of the molecule is Clc1ccc(-c2ccc(CN3CCN(CC=Cc4ccccc4)CC3)o2)cc1. The van der Waals surface area contributed by atoms with Crippen LogP contribution in [0.25, 0.3) is 17.4 Å². The number of furan rings is 1. The van der Waals surface area contributed by atoms with E-state index in [1.165, 1.54) is 5.56 Å². The quantitative estimate of drug-likeness (QED) is 0.557. The first kappa shape index (κ1) is 19.0. The molecule has 0 atom stereocenters. The van der Waals surface area contributed by atoms with Gasteiger partial charge in [-0.3, -0.25) is 9.80 Å². The molecular weight excluding hydrogens is 368 g/mol. The van der Waals surface area contributed by atoms with E-state index in [0.717, 1.165) is 61.4 Å². The molecule has 1 fully saturated rings. The highest BCUT2D eigenvalue weighted by atomic mass is 35.5. The highest BCUT2D eigenvalue weighted by Crippen LogP contribution is 2.24. The van der Waals surface area contributed by atoms with Crippen molar-refractivity contribution in [2.24, 2.45) is 0 Å². The van der Waals surface area contributed by atoms with Crippen molar-refractivity contribution in [1.29, 1.82) is 0 Å². The largest absolute Gasteiger partial charge is 0.460 e. The summed E-state index contributed by atoms with van der Waals surface area (Å²) in [6, 6.07) is 22.4. The van der Waals surface area contributed by atoms with Crippen molar-refractivity contribution >= 4 is 17.7 Å². The second kappa shape index (κ2) is 9.24. The van der Waals surface area contributed by atoms with Crippen molar-refractivity contribution in [3.63, 3.8) is 0 Å². The lowest BCUT2D eigenvalue weighted by Gasteiger charge is -2.33. The molecule has 0 unspecified atom stereocenters. The smallest absolute Gasteiger partial charge is 0.134 e. The van der Waals surface area contributed by atoms with Crippen molar-refractivity contribution in [3.05, 3.63) is 89.2 Å². The van der Waals surface area contributed by atoms with E-state index in [1.807, 2.05) is 36.4 Å². The lowest BCUT2D eigenvalue weighted by Crippen LogP contribution is -2.45. The molecule has 28 heavy (non-hydrogen) atoms. The van der Waals surface area contributed by atoms with Gasteiger partial charge >= 0.3 is 0 Å². The van der Waals surface area contributed by atoms with Gasteiger partial charge in [0.2, 0.25) is 0 Å². The van der Waals surface area contributed by atoms with Crippen LogP contribution in [-0.4, -0.2) is 42.5 Å². The molecule has 144 valence electrons. The van der Waals surface area contributed by atoms with Gasteiger partial charge in [0.05, 0.1) is 6.54 Å². The van der Waals surface area contributed by atoms with Gasteiger partial charge < -0.3 is 4.42 Å². The minimum absolute atomic E-state index is 0.743. The molecule has 0 spiro atoms. The first-order valence-electron chi connectivity index (χ1n) is 9.77. The number of rotatable bonds is 6. The highest BCUT2D eigenvalue weighted by Gasteiger charge is 2.17. The maximum atomic E-state index is 6.04. The van der Waals surface area contributed by atoms with Crippen molar-refractivity contribution in [3.8, 4) is 11.3 Å². The first-order valence-corrected chi connectivity index (χ1v) is 10.1. The number of hydrogen-bond donors (Lipinski definition) is 0. The fraction of sp³-hybridized carbons (Fsp3) is 0.250. The average molecular weight is 393 g/mol. The standard InChI is InChI=1S/C24H25ClN2O/c25-22-10-8-21(9-11-22)24-13-12-23(28-24)19-27-17-15-26(16-18-27)14-4-7-20-5-2-1-3-6-20/h1-13H,14-19H2. The topological polar surface area (TPSA) is 19.6 Å². The van der Waals surface area contributed by atoms with Crippen LogP contribution in [0.2, 0.25) is 5.02 Å². The molecule has 1 aromatic heterocycles. The molecule has 2 heterocycles. The van der Waals surface area contributed by atoms with E-state index in [0.29, 0.717) is 0 Å². The molecule has 4 rings (SSSR count). The summed E-state index contributed by atoms with van der Waals surface area (Å²) in [5, 5.41) is 0.743. The number of halogens is 1. The average Bonchev–Trinajstić information content (AvgIpc) is 3.19. The lowest BCUT2D eigenvalue weighted by atomic mass is 10.2. The molecule has 2 aromatic carbocycles. The zero-order valence-electron chi connectivity index (χ0n) is 15.9. The van der Waals surface area contributed by atoms with E-state index in [1.54, 1.807) is 0 Å². The summed E-state index contributed by atoms with van der Waals surface area (Å²) in [5.74, 6) is 1.92. The van der Waals surface area contributed by atoms with Crippen molar-refractivity contribution in [2.45, 2.75) is 6.54 Å². The molecule has 1 aliphatic heterocycles. The van der Waals surface area contributed by atoms with Crippen LogP contribution < -0.4 is 0 Å². The zero-order valence-corrected chi connectivity index (χ0v) is 16.7. The Hall–Kier alpha value is -2.33. The third-order valence-corrected chi connectivity index (χ3v) is 5.36. The Kier molecular flexibility index (Phi) is 6.27. The van der Waals surface area contributed by atoms with Gasteiger partial charge in [0.1, 0.15) is 11.5 Å². The van der Waals surface area contributed by atoms with Crippen LogP contribution in [0.1, 0.15) is 11.3 Å². The highest BCUT2D eigenvalue weighted by molar-refractivity contribution is 6.30. The number of benzene rings is 2.